The lowest BCUT2D eigenvalue weighted by Gasteiger charge is -2.17. The summed E-state index contributed by atoms with van der Waals surface area (Å²) in [7, 11) is 4.11. The van der Waals surface area contributed by atoms with Crippen molar-refractivity contribution in [2.75, 3.05) is 33.7 Å². The van der Waals surface area contributed by atoms with E-state index in [-0.39, 0.29) is 6.04 Å². The molecule has 0 bridgehead atoms. The fraction of sp³-hybridized carbons (Fsp3) is 0.600. The largest absolute Gasteiger partial charge is 0.329 e. The quantitative estimate of drug-likeness (QED) is 0.802. The highest BCUT2D eigenvalue weighted by Gasteiger charge is 2.10. The zero-order valence-corrected chi connectivity index (χ0v) is 10.7. The minimum absolute atomic E-state index is 0.224. The van der Waals surface area contributed by atoms with Crippen LogP contribution in [-0.4, -0.2) is 38.6 Å². The molecule has 1 rings (SSSR count). The summed E-state index contributed by atoms with van der Waals surface area (Å²) < 4.78 is 0.817. The highest BCUT2D eigenvalue weighted by molar-refractivity contribution is 7.16. The number of hydrogen-bond donors (Lipinski definition) is 2. The van der Waals surface area contributed by atoms with Gasteiger partial charge in [-0.1, -0.05) is 11.6 Å². The Balaban J connectivity index is 2.42. The van der Waals surface area contributed by atoms with E-state index in [1.807, 2.05) is 12.1 Å². The van der Waals surface area contributed by atoms with Crippen LogP contribution in [0, 0.1) is 0 Å². The number of nitrogens with two attached hydrogens (primary N) is 1. The van der Waals surface area contributed by atoms with Crippen molar-refractivity contribution < 1.29 is 0 Å². The average Bonchev–Trinajstić information content (AvgIpc) is 2.59. The van der Waals surface area contributed by atoms with Crippen LogP contribution in [0.15, 0.2) is 12.1 Å². The molecule has 1 aromatic heterocycles. The first-order valence-corrected chi connectivity index (χ1v) is 6.16. The zero-order valence-electron chi connectivity index (χ0n) is 9.16. The molecule has 0 fully saturated rings. The molecule has 0 radical (unpaired) electrons. The van der Waals surface area contributed by atoms with E-state index in [9.17, 15) is 0 Å². The Labute approximate surface area is 100 Å². The number of hydrogen-bond acceptors (Lipinski definition) is 4. The van der Waals surface area contributed by atoms with Crippen molar-refractivity contribution in [2.24, 2.45) is 5.73 Å². The van der Waals surface area contributed by atoms with Gasteiger partial charge in [-0.05, 0) is 26.2 Å². The van der Waals surface area contributed by atoms with Crippen molar-refractivity contribution in [3.8, 4) is 0 Å². The van der Waals surface area contributed by atoms with Gasteiger partial charge in [-0.3, -0.25) is 0 Å². The zero-order chi connectivity index (χ0) is 11.3. The molecule has 0 saturated carbocycles. The molecule has 0 aliphatic rings. The molecule has 3 nitrogen and oxygen atoms in total. The predicted octanol–water partition coefficient (Wildman–Crippen LogP) is 1.55. The lowest BCUT2D eigenvalue weighted by molar-refractivity contribution is 0.386. The van der Waals surface area contributed by atoms with E-state index >= 15 is 0 Å². The summed E-state index contributed by atoms with van der Waals surface area (Å²) in [6.45, 7) is 2.55. The summed E-state index contributed by atoms with van der Waals surface area (Å²) in [5, 5.41) is 3.42. The Morgan fingerprint density at radius 3 is 2.73 bits per heavy atom. The van der Waals surface area contributed by atoms with Crippen LogP contribution in [0.4, 0.5) is 0 Å². The van der Waals surface area contributed by atoms with Crippen molar-refractivity contribution in [3.63, 3.8) is 0 Å². The van der Waals surface area contributed by atoms with Gasteiger partial charge in [-0.15, -0.1) is 11.3 Å². The number of likely N-dealkylation sites (N-methyl/N-ethyl adjacent to an activating group) is 1. The third-order valence-corrected chi connectivity index (χ3v) is 3.47. The fourth-order valence-corrected chi connectivity index (χ4v) is 2.43. The van der Waals surface area contributed by atoms with Gasteiger partial charge in [0, 0.05) is 24.5 Å². The van der Waals surface area contributed by atoms with Gasteiger partial charge in [-0.2, -0.15) is 0 Å². The summed E-state index contributed by atoms with van der Waals surface area (Å²) in [5.74, 6) is 0. The van der Waals surface area contributed by atoms with Crippen molar-refractivity contribution in [1.29, 1.82) is 0 Å². The molecular weight excluding hydrogens is 230 g/mol. The molecule has 0 aliphatic heterocycles. The highest BCUT2D eigenvalue weighted by atomic mass is 35.5. The molecule has 1 atom stereocenters. The van der Waals surface area contributed by atoms with Crippen LogP contribution in [-0.2, 0) is 0 Å². The molecule has 3 N–H and O–H groups in total. The summed E-state index contributed by atoms with van der Waals surface area (Å²) in [4.78, 5) is 3.35. The lowest BCUT2D eigenvalue weighted by Crippen LogP contribution is -2.33. The van der Waals surface area contributed by atoms with E-state index in [2.05, 4.69) is 24.3 Å². The normalized spacial score (nSPS) is 13.4. The second kappa shape index (κ2) is 6.45. The standard InChI is InChI=1S/C10H18ClN3S/c1-14(2)6-5-13-8(7-12)9-3-4-10(11)15-9/h3-4,8,13H,5-7,12H2,1-2H3. The van der Waals surface area contributed by atoms with E-state index < -0.39 is 0 Å². The van der Waals surface area contributed by atoms with Crippen LogP contribution in [0.25, 0.3) is 0 Å². The number of halogens is 1. The van der Waals surface area contributed by atoms with Gasteiger partial charge in [0.15, 0.2) is 0 Å². The van der Waals surface area contributed by atoms with E-state index in [4.69, 9.17) is 17.3 Å². The molecule has 0 saturated heterocycles. The third kappa shape index (κ3) is 4.49. The van der Waals surface area contributed by atoms with Crippen LogP contribution < -0.4 is 11.1 Å². The van der Waals surface area contributed by atoms with Crippen molar-refractivity contribution in [3.05, 3.63) is 21.3 Å². The Morgan fingerprint density at radius 1 is 1.53 bits per heavy atom. The second-order valence-electron chi connectivity index (χ2n) is 3.69. The van der Waals surface area contributed by atoms with Crippen LogP contribution >= 0.6 is 22.9 Å². The summed E-state index contributed by atoms with van der Waals surface area (Å²) in [6, 6.07) is 4.17. The monoisotopic (exact) mass is 247 g/mol. The highest BCUT2D eigenvalue weighted by Crippen LogP contribution is 2.26. The Kier molecular flexibility index (Phi) is 5.56. The first-order chi connectivity index (χ1) is 7.13. The molecule has 1 heterocycles. The Hall–Kier alpha value is -0.130. The van der Waals surface area contributed by atoms with Gasteiger partial charge in [0.05, 0.1) is 10.4 Å². The maximum absolute atomic E-state index is 5.89. The van der Waals surface area contributed by atoms with Crippen molar-refractivity contribution in [2.45, 2.75) is 6.04 Å². The van der Waals surface area contributed by atoms with Crippen LogP contribution in [0.3, 0.4) is 0 Å². The van der Waals surface area contributed by atoms with Gasteiger partial charge in [0.25, 0.3) is 0 Å². The first kappa shape index (κ1) is 12.9. The minimum atomic E-state index is 0.224. The summed E-state index contributed by atoms with van der Waals surface area (Å²) in [6.07, 6.45) is 0. The molecule has 0 amide bonds. The molecule has 1 aromatic rings. The molecule has 0 aromatic carbocycles. The number of thiophene rings is 1. The molecular formula is C10H18ClN3S. The van der Waals surface area contributed by atoms with E-state index in [1.165, 1.54) is 4.88 Å². The Morgan fingerprint density at radius 2 is 2.27 bits per heavy atom. The molecule has 5 heteroatoms. The van der Waals surface area contributed by atoms with E-state index in [0.29, 0.717) is 6.54 Å². The van der Waals surface area contributed by atoms with Crippen LogP contribution in [0.2, 0.25) is 4.34 Å². The second-order valence-corrected chi connectivity index (χ2v) is 5.43. The Bertz CT molecular complexity index is 288. The van der Waals surface area contributed by atoms with E-state index in [1.54, 1.807) is 11.3 Å². The predicted molar refractivity (Wildman–Crippen MR) is 67.7 cm³/mol. The first-order valence-electron chi connectivity index (χ1n) is 4.97. The van der Waals surface area contributed by atoms with Gasteiger partial charge < -0.3 is 16.0 Å². The van der Waals surface area contributed by atoms with Crippen molar-refractivity contribution in [1.82, 2.24) is 10.2 Å². The SMILES string of the molecule is CN(C)CCNC(CN)c1ccc(Cl)s1. The maximum Gasteiger partial charge on any atom is 0.0931 e. The van der Waals surface area contributed by atoms with Gasteiger partial charge in [0.1, 0.15) is 0 Å². The van der Waals surface area contributed by atoms with Gasteiger partial charge in [0.2, 0.25) is 0 Å². The number of rotatable bonds is 6. The van der Waals surface area contributed by atoms with Crippen molar-refractivity contribution >= 4 is 22.9 Å². The molecule has 86 valence electrons. The summed E-state index contributed by atoms with van der Waals surface area (Å²) in [5.41, 5.74) is 5.72. The molecule has 0 spiro atoms. The fourth-order valence-electron chi connectivity index (χ4n) is 1.28. The lowest BCUT2D eigenvalue weighted by atomic mass is 10.2. The topological polar surface area (TPSA) is 41.3 Å². The molecule has 1 unspecified atom stereocenters. The van der Waals surface area contributed by atoms with E-state index in [0.717, 1.165) is 17.4 Å². The third-order valence-electron chi connectivity index (χ3n) is 2.12. The average molecular weight is 248 g/mol. The smallest absolute Gasteiger partial charge is 0.0931 e. The van der Waals surface area contributed by atoms with Crippen LogP contribution in [0.1, 0.15) is 10.9 Å². The molecule has 0 aliphatic carbocycles. The number of nitrogens with zero attached hydrogens (tertiary/aromatic N) is 1. The van der Waals surface area contributed by atoms with Gasteiger partial charge >= 0.3 is 0 Å². The summed E-state index contributed by atoms with van der Waals surface area (Å²) >= 11 is 7.48. The number of nitrogens with one attached hydrogen (secondary N) is 1. The molecule has 15 heavy (non-hydrogen) atoms. The maximum atomic E-state index is 5.89. The van der Waals surface area contributed by atoms with Crippen LogP contribution in [0.5, 0.6) is 0 Å². The minimum Gasteiger partial charge on any atom is -0.329 e. The van der Waals surface area contributed by atoms with Gasteiger partial charge in [-0.25, -0.2) is 0 Å².